The minimum absolute atomic E-state index is 0.197. The Morgan fingerprint density at radius 2 is 1.78 bits per heavy atom. The lowest BCUT2D eigenvalue weighted by molar-refractivity contribution is -0.0194. The fourth-order valence-corrected chi connectivity index (χ4v) is 3.50. The first-order valence-corrected chi connectivity index (χ1v) is 7.14. The molecule has 0 amide bonds. The summed E-state index contributed by atoms with van der Waals surface area (Å²) in [6.45, 7) is 7.09. The molecular weight excluding hydrogens is 220 g/mol. The van der Waals surface area contributed by atoms with Crippen LogP contribution in [0.1, 0.15) is 45.6 Å². The van der Waals surface area contributed by atoms with E-state index in [0.29, 0.717) is 12.0 Å². The van der Waals surface area contributed by atoms with Crippen molar-refractivity contribution in [1.29, 1.82) is 0 Å². The van der Waals surface area contributed by atoms with Crippen molar-refractivity contribution in [1.82, 2.24) is 0 Å². The summed E-state index contributed by atoms with van der Waals surface area (Å²) in [4.78, 5) is 0. The third kappa shape index (κ3) is 2.61. The number of hydrogen-bond acceptors (Lipinski definition) is 1. The molecule has 1 aromatic rings. The van der Waals surface area contributed by atoms with E-state index in [1.165, 1.54) is 24.8 Å². The molecule has 0 saturated heterocycles. The predicted octanol–water partition coefficient (Wildman–Crippen LogP) is 4.42. The summed E-state index contributed by atoms with van der Waals surface area (Å²) in [7, 11) is 1.87. The first-order valence-electron chi connectivity index (χ1n) is 7.14. The van der Waals surface area contributed by atoms with Gasteiger partial charge >= 0.3 is 0 Å². The van der Waals surface area contributed by atoms with Gasteiger partial charge in [0.25, 0.3) is 0 Å². The van der Waals surface area contributed by atoms with Gasteiger partial charge in [-0.25, -0.2) is 0 Å². The van der Waals surface area contributed by atoms with Gasteiger partial charge in [-0.15, -0.1) is 0 Å². The molecule has 3 unspecified atom stereocenters. The number of methoxy groups -OCH3 is 1. The maximum Gasteiger partial charge on any atom is 0.0610 e. The highest BCUT2D eigenvalue weighted by molar-refractivity contribution is 5.25. The van der Waals surface area contributed by atoms with E-state index in [1.807, 2.05) is 7.11 Å². The Morgan fingerprint density at radius 1 is 1.11 bits per heavy atom. The second-order valence-electron chi connectivity index (χ2n) is 6.39. The summed E-state index contributed by atoms with van der Waals surface area (Å²) in [5.74, 6) is 1.43. The Kier molecular flexibility index (Phi) is 4.11. The summed E-state index contributed by atoms with van der Waals surface area (Å²) < 4.78 is 5.78. The topological polar surface area (TPSA) is 9.23 Å². The van der Waals surface area contributed by atoms with Crippen LogP contribution in [0.25, 0.3) is 0 Å². The highest BCUT2D eigenvalue weighted by Gasteiger charge is 2.39. The number of benzene rings is 1. The number of rotatable bonds is 3. The molecule has 1 fully saturated rings. The quantitative estimate of drug-likeness (QED) is 0.767. The van der Waals surface area contributed by atoms with Gasteiger partial charge in [0.15, 0.2) is 0 Å². The van der Waals surface area contributed by atoms with E-state index in [0.717, 1.165) is 5.92 Å². The molecule has 0 bridgehead atoms. The summed E-state index contributed by atoms with van der Waals surface area (Å²) in [5, 5.41) is 0. The maximum absolute atomic E-state index is 5.78. The van der Waals surface area contributed by atoms with Gasteiger partial charge < -0.3 is 4.74 Å². The van der Waals surface area contributed by atoms with Gasteiger partial charge in [0.05, 0.1) is 6.10 Å². The van der Waals surface area contributed by atoms with E-state index in [-0.39, 0.29) is 5.41 Å². The van der Waals surface area contributed by atoms with E-state index in [9.17, 15) is 0 Å². The second kappa shape index (κ2) is 5.44. The third-order valence-corrected chi connectivity index (χ3v) is 4.80. The molecule has 0 radical (unpaired) electrons. The van der Waals surface area contributed by atoms with Gasteiger partial charge in [-0.1, -0.05) is 57.5 Å². The molecule has 1 saturated carbocycles. The highest BCUT2D eigenvalue weighted by atomic mass is 16.5. The lowest BCUT2D eigenvalue weighted by atomic mass is 9.64. The zero-order valence-corrected chi connectivity index (χ0v) is 12.1. The Hall–Kier alpha value is -0.820. The molecule has 18 heavy (non-hydrogen) atoms. The van der Waals surface area contributed by atoms with Crippen LogP contribution < -0.4 is 0 Å². The van der Waals surface area contributed by atoms with Crippen molar-refractivity contribution in [3.05, 3.63) is 35.9 Å². The molecule has 0 aromatic heterocycles. The van der Waals surface area contributed by atoms with Crippen LogP contribution in [-0.4, -0.2) is 13.2 Å². The van der Waals surface area contributed by atoms with Crippen LogP contribution in [-0.2, 0) is 10.2 Å². The van der Waals surface area contributed by atoms with Crippen molar-refractivity contribution in [3.63, 3.8) is 0 Å². The molecule has 1 heteroatoms. The standard InChI is InChI=1S/C17H26O/c1-13-10-11-15(16(12-13)18-4)17(2,3)14-8-6-5-7-9-14/h5-9,13,15-16H,10-12H2,1-4H3. The minimum atomic E-state index is 0.197. The molecule has 0 N–H and O–H groups in total. The Labute approximate surface area is 112 Å². The highest BCUT2D eigenvalue weighted by Crippen LogP contribution is 2.43. The number of hydrogen-bond donors (Lipinski definition) is 0. The van der Waals surface area contributed by atoms with Crippen LogP contribution in [0.4, 0.5) is 0 Å². The fourth-order valence-electron chi connectivity index (χ4n) is 3.50. The van der Waals surface area contributed by atoms with Crippen LogP contribution in [0.15, 0.2) is 30.3 Å². The molecule has 100 valence electrons. The van der Waals surface area contributed by atoms with Crippen LogP contribution >= 0.6 is 0 Å². The monoisotopic (exact) mass is 246 g/mol. The van der Waals surface area contributed by atoms with Gasteiger partial charge in [-0.05, 0) is 35.7 Å². The van der Waals surface area contributed by atoms with E-state index in [4.69, 9.17) is 4.74 Å². The molecule has 2 rings (SSSR count). The van der Waals surface area contributed by atoms with E-state index >= 15 is 0 Å². The van der Waals surface area contributed by atoms with Crippen molar-refractivity contribution in [2.24, 2.45) is 11.8 Å². The molecule has 1 aromatic carbocycles. The Morgan fingerprint density at radius 3 is 2.39 bits per heavy atom. The molecule has 3 atom stereocenters. The average Bonchev–Trinajstić information content (AvgIpc) is 2.39. The SMILES string of the molecule is COC1CC(C)CCC1C(C)(C)c1ccccc1. The normalized spacial score (nSPS) is 29.2. The third-order valence-electron chi connectivity index (χ3n) is 4.80. The molecule has 1 aliphatic carbocycles. The zero-order valence-electron chi connectivity index (χ0n) is 12.1. The maximum atomic E-state index is 5.78. The van der Waals surface area contributed by atoms with E-state index in [2.05, 4.69) is 51.1 Å². The van der Waals surface area contributed by atoms with Crippen LogP contribution in [0, 0.1) is 11.8 Å². The predicted molar refractivity (Wildman–Crippen MR) is 76.8 cm³/mol. The molecule has 0 aliphatic heterocycles. The summed E-state index contributed by atoms with van der Waals surface area (Å²) in [6, 6.07) is 10.9. The molecule has 0 spiro atoms. The van der Waals surface area contributed by atoms with Gasteiger partial charge in [-0.2, -0.15) is 0 Å². The van der Waals surface area contributed by atoms with Gasteiger partial charge in [0.2, 0.25) is 0 Å². The summed E-state index contributed by atoms with van der Waals surface area (Å²) >= 11 is 0. The molecule has 0 heterocycles. The molecule has 1 nitrogen and oxygen atoms in total. The van der Waals surface area contributed by atoms with Gasteiger partial charge in [0.1, 0.15) is 0 Å². The Bertz CT molecular complexity index is 368. The van der Waals surface area contributed by atoms with Gasteiger partial charge in [-0.3, -0.25) is 0 Å². The summed E-state index contributed by atoms with van der Waals surface area (Å²) in [6.07, 6.45) is 4.23. The van der Waals surface area contributed by atoms with Crippen molar-refractivity contribution in [3.8, 4) is 0 Å². The largest absolute Gasteiger partial charge is 0.381 e. The van der Waals surface area contributed by atoms with Crippen LogP contribution in [0.3, 0.4) is 0 Å². The first-order chi connectivity index (χ1) is 8.55. The fraction of sp³-hybridized carbons (Fsp3) is 0.647. The van der Waals surface area contributed by atoms with E-state index < -0.39 is 0 Å². The smallest absolute Gasteiger partial charge is 0.0610 e. The van der Waals surface area contributed by atoms with Crippen LogP contribution in [0.2, 0.25) is 0 Å². The molecule has 1 aliphatic rings. The lowest BCUT2D eigenvalue weighted by Gasteiger charge is -2.44. The molecular formula is C17H26O. The van der Waals surface area contributed by atoms with Crippen molar-refractivity contribution < 1.29 is 4.74 Å². The second-order valence-corrected chi connectivity index (χ2v) is 6.39. The first kappa shape index (κ1) is 13.6. The van der Waals surface area contributed by atoms with Crippen LogP contribution in [0.5, 0.6) is 0 Å². The zero-order chi connectivity index (χ0) is 13.2. The van der Waals surface area contributed by atoms with E-state index in [1.54, 1.807) is 0 Å². The summed E-state index contributed by atoms with van der Waals surface area (Å²) in [5.41, 5.74) is 1.63. The van der Waals surface area contributed by atoms with Crippen molar-refractivity contribution in [2.75, 3.05) is 7.11 Å². The minimum Gasteiger partial charge on any atom is -0.381 e. The number of ether oxygens (including phenoxy) is 1. The van der Waals surface area contributed by atoms with Gasteiger partial charge in [0, 0.05) is 7.11 Å². The van der Waals surface area contributed by atoms with Crippen molar-refractivity contribution >= 4 is 0 Å². The average molecular weight is 246 g/mol. The Balaban J connectivity index is 2.23. The lowest BCUT2D eigenvalue weighted by Crippen LogP contribution is -2.42. The van der Waals surface area contributed by atoms with Crippen molar-refractivity contribution in [2.45, 2.75) is 51.6 Å².